The van der Waals surface area contributed by atoms with Crippen molar-refractivity contribution in [2.45, 2.75) is 12.6 Å². The first-order chi connectivity index (χ1) is 14.9. The molecule has 0 bridgehead atoms. The number of sulfone groups is 1. The number of rotatable bonds is 5. The third-order valence-corrected chi connectivity index (χ3v) is 8.03. The molecular weight excluding hydrogens is 454 g/mol. The van der Waals surface area contributed by atoms with Crippen LogP contribution in [-0.2, 0) is 21.2 Å². The molecule has 2 aromatic carbocycles. The second-order valence-corrected chi connectivity index (χ2v) is 10.9. The molecule has 6 nitrogen and oxygen atoms in total. The van der Waals surface area contributed by atoms with Crippen molar-refractivity contribution in [2.24, 2.45) is 4.99 Å². The maximum Gasteiger partial charge on any atom is 0.270 e. The van der Waals surface area contributed by atoms with E-state index in [0.717, 1.165) is 11.1 Å². The normalized spacial score (nSPS) is 18.0. The number of carbonyl (C=O) groups is 1. The van der Waals surface area contributed by atoms with Gasteiger partial charge in [-0.05, 0) is 17.2 Å². The van der Waals surface area contributed by atoms with Crippen LogP contribution in [0.1, 0.15) is 17.2 Å². The predicted molar refractivity (Wildman–Crippen MR) is 123 cm³/mol. The Balaban J connectivity index is 1.65. The smallest absolute Gasteiger partial charge is 0.270 e. The van der Waals surface area contributed by atoms with Crippen molar-refractivity contribution < 1.29 is 13.2 Å². The zero-order chi connectivity index (χ0) is 21.8. The number of nitrogens with zero attached hydrogens (tertiary/aromatic N) is 3. The molecule has 1 aliphatic heterocycles. The third-order valence-electron chi connectivity index (χ3n) is 5.26. The fourth-order valence-corrected chi connectivity index (χ4v) is 5.76. The highest BCUT2D eigenvalue weighted by atomic mass is 35.5. The summed E-state index contributed by atoms with van der Waals surface area (Å²) in [5.41, 5.74) is 1.75. The Labute approximate surface area is 190 Å². The molecule has 1 amide bonds. The maximum atomic E-state index is 13.4. The Morgan fingerprint density at radius 2 is 1.74 bits per heavy atom. The van der Waals surface area contributed by atoms with E-state index in [1.54, 1.807) is 0 Å². The molecule has 1 unspecified atom stereocenters. The van der Waals surface area contributed by atoms with Crippen LogP contribution < -0.4 is 4.80 Å². The molecule has 0 radical (unpaired) electrons. The van der Waals surface area contributed by atoms with Gasteiger partial charge in [-0.2, -0.15) is 4.99 Å². The Bertz CT molecular complexity index is 1220. The van der Waals surface area contributed by atoms with Gasteiger partial charge in [-0.15, -0.1) is 11.3 Å². The lowest BCUT2D eigenvalue weighted by molar-refractivity contribution is -0.123. The number of aromatic nitrogens is 1. The maximum absolute atomic E-state index is 13.4. The lowest BCUT2D eigenvalue weighted by Gasteiger charge is -2.32. The molecule has 1 aromatic heterocycles. The van der Waals surface area contributed by atoms with Gasteiger partial charge in [0.1, 0.15) is 6.04 Å². The molecule has 1 aliphatic rings. The van der Waals surface area contributed by atoms with Gasteiger partial charge in [0.2, 0.25) is 0 Å². The second-order valence-electron chi connectivity index (χ2n) is 7.36. The van der Waals surface area contributed by atoms with E-state index in [9.17, 15) is 13.2 Å². The van der Waals surface area contributed by atoms with Crippen LogP contribution in [0.4, 0.5) is 0 Å². The quantitative estimate of drug-likeness (QED) is 0.568. The SMILES string of the molecule is O=C(N=c1sccn1Cc1ccccc1Cl)C(c1ccccc1)N1CCS(=O)(=O)CC1. The lowest BCUT2D eigenvalue weighted by atomic mass is 10.0. The summed E-state index contributed by atoms with van der Waals surface area (Å²) in [4.78, 5) is 20.3. The molecule has 9 heteroatoms. The van der Waals surface area contributed by atoms with Crippen LogP contribution in [0.3, 0.4) is 0 Å². The third kappa shape index (κ3) is 5.33. The number of amides is 1. The van der Waals surface area contributed by atoms with Crippen molar-refractivity contribution in [1.82, 2.24) is 9.47 Å². The molecule has 31 heavy (non-hydrogen) atoms. The molecule has 0 saturated carbocycles. The van der Waals surface area contributed by atoms with E-state index in [-0.39, 0.29) is 17.4 Å². The number of hydrogen-bond acceptors (Lipinski definition) is 5. The van der Waals surface area contributed by atoms with Crippen molar-refractivity contribution in [2.75, 3.05) is 24.6 Å². The molecule has 0 aliphatic carbocycles. The molecule has 1 fully saturated rings. The topological polar surface area (TPSA) is 71.7 Å². The van der Waals surface area contributed by atoms with Crippen LogP contribution in [0, 0.1) is 0 Å². The zero-order valence-electron chi connectivity index (χ0n) is 16.7. The van der Waals surface area contributed by atoms with Gasteiger partial charge in [0.15, 0.2) is 14.6 Å². The minimum absolute atomic E-state index is 0.0507. The fraction of sp³-hybridized carbons (Fsp3) is 0.273. The summed E-state index contributed by atoms with van der Waals surface area (Å²) < 4.78 is 25.7. The highest BCUT2D eigenvalue weighted by Gasteiger charge is 2.32. The highest BCUT2D eigenvalue weighted by Crippen LogP contribution is 2.24. The van der Waals surface area contributed by atoms with Gasteiger partial charge in [-0.1, -0.05) is 60.1 Å². The minimum atomic E-state index is -3.05. The van der Waals surface area contributed by atoms with Crippen molar-refractivity contribution in [1.29, 1.82) is 0 Å². The zero-order valence-corrected chi connectivity index (χ0v) is 19.1. The summed E-state index contributed by atoms with van der Waals surface area (Å²) in [5.74, 6) is -0.203. The molecular formula is C22H22ClN3O3S2. The molecule has 1 saturated heterocycles. The first-order valence-corrected chi connectivity index (χ1v) is 13.0. The monoisotopic (exact) mass is 475 g/mol. The van der Waals surface area contributed by atoms with Crippen molar-refractivity contribution >= 4 is 38.7 Å². The van der Waals surface area contributed by atoms with Crippen LogP contribution in [0.15, 0.2) is 71.2 Å². The van der Waals surface area contributed by atoms with Crippen LogP contribution in [-0.4, -0.2) is 48.4 Å². The van der Waals surface area contributed by atoms with Crippen LogP contribution in [0.5, 0.6) is 0 Å². The minimum Gasteiger partial charge on any atom is -0.319 e. The van der Waals surface area contributed by atoms with Gasteiger partial charge in [0.05, 0.1) is 18.1 Å². The van der Waals surface area contributed by atoms with E-state index in [4.69, 9.17) is 11.6 Å². The Morgan fingerprint density at radius 3 is 2.45 bits per heavy atom. The number of carbonyl (C=O) groups excluding carboxylic acids is 1. The second kappa shape index (κ2) is 9.48. The van der Waals surface area contributed by atoms with Gasteiger partial charge in [0, 0.05) is 29.7 Å². The number of benzene rings is 2. The van der Waals surface area contributed by atoms with E-state index >= 15 is 0 Å². The number of hydrogen-bond donors (Lipinski definition) is 0. The first kappa shape index (κ1) is 22.0. The van der Waals surface area contributed by atoms with E-state index in [1.165, 1.54) is 11.3 Å². The summed E-state index contributed by atoms with van der Waals surface area (Å²) in [5, 5.41) is 2.55. The van der Waals surface area contributed by atoms with Crippen molar-refractivity contribution in [3.63, 3.8) is 0 Å². The Hall–Kier alpha value is -2.26. The Kier molecular flexibility index (Phi) is 6.71. The van der Waals surface area contributed by atoms with Crippen LogP contribution in [0.25, 0.3) is 0 Å². The molecule has 3 aromatic rings. The molecule has 4 rings (SSSR count). The summed E-state index contributed by atoms with van der Waals surface area (Å²) in [6.45, 7) is 1.13. The van der Waals surface area contributed by atoms with E-state index in [1.807, 2.05) is 75.6 Å². The van der Waals surface area contributed by atoms with Crippen LogP contribution >= 0.6 is 22.9 Å². The van der Waals surface area contributed by atoms with Gasteiger partial charge >= 0.3 is 0 Å². The Morgan fingerprint density at radius 1 is 1.06 bits per heavy atom. The largest absolute Gasteiger partial charge is 0.319 e. The van der Waals surface area contributed by atoms with E-state index in [0.29, 0.717) is 29.5 Å². The average molecular weight is 476 g/mol. The summed E-state index contributed by atoms with van der Waals surface area (Å²) in [6, 6.07) is 16.4. The van der Waals surface area contributed by atoms with Crippen molar-refractivity contribution in [3.8, 4) is 0 Å². The lowest BCUT2D eigenvalue weighted by Crippen LogP contribution is -2.44. The molecule has 2 heterocycles. The first-order valence-electron chi connectivity index (χ1n) is 9.88. The summed E-state index contributed by atoms with van der Waals surface area (Å²) >= 11 is 7.67. The van der Waals surface area contributed by atoms with Gasteiger partial charge in [0.25, 0.3) is 5.91 Å². The summed E-state index contributed by atoms with van der Waals surface area (Å²) in [6.07, 6.45) is 1.88. The molecule has 0 spiro atoms. The van der Waals surface area contributed by atoms with Crippen LogP contribution in [0.2, 0.25) is 5.02 Å². The molecule has 162 valence electrons. The van der Waals surface area contributed by atoms with Crippen molar-refractivity contribution in [3.05, 3.63) is 87.1 Å². The van der Waals surface area contributed by atoms with Gasteiger partial charge in [-0.3, -0.25) is 9.69 Å². The van der Waals surface area contributed by atoms with E-state index in [2.05, 4.69) is 4.99 Å². The summed E-state index contributed by atoms with van der Waals surface area (Å²) in [7, 11) is -3.05. The average Bonchev–Trinajstić information content (AvgIpc) is 3.18. The fourth-order valence-electron chi connectivity index (χ4n) is 3.60. The number of thiazole rings is 1. The highest BCUT2D eigenvalue weighted by molar-refractivity contribution is 7.91. The predicted octanol–water partition coefficient (Wildman–Crippen LogP) is 3.15. The number of halogens is 1. The van der Waals surface area contributed by atoms with Gasteiger partial charge in [-0.25, -0.2) is 8.42 Å². The van der Waals surface area contributed by atoms with E-state index < -0.39 is 15.9 Å². The molecule has 0 N–H and O–H groups in total. The molecule has 1 atom stereocenters. The standard InChI is InChI=1S/C22H22ClN3O3S2/c23-19-9-5-4-8-18(19)16-26-10-13-30-22(26)24-21(27)20(17-6-2-1-3-7-17)25-11-14-31(28,29)15-12-25/h1-10,13,20H,11-12,14-16H2. The van der Waals surface area contributed by atoms with Gasteiger partial charge < -0.3 is 4.57 Å².